The summed E-state index contributed by atoms with van der Waals surface area (Å²) < 4.78 is 5.55. The van der Waals surface area contributed by atoms with E-state index in [2.05, 4.69) is 22.3 Å². The van der Waals surface area contributed by atoms with E-state index in [0.29, 0.717) is 17.8 Å². The van der Waals surface area contributed by atoms with Crippen LogP contribution in [0.25, 0.3) is 10.9 Å². The third-order valence-electron chi connectivity index (χ3n) is 6.58. The van der Waals surface area contributed by atoms with E-state index in [4.69, 9.17) is 9.72 Å². The lowest BCUT2D eigenvalue weighted by molar-refractivity contribution is -0.119. The van der Waals surface area contributed by atoms with Crippen molar-refractivity contribution in [3.63, 3.8) is 0 Å². The van der Waals surface area contributed by atoms with E-state index in [1.54, 1.807) is 0 Å². The van der Waals surface area contributed by atoms with Crippen LogP contribution in [0.1, 0.15) is 27.2 Å². The smallest absolute Gasteiger partial charge is 0.339 e. The summed E-state index contributed by atoms with van der Waals surface area (Å²) in [6, 6.07) is 25.4. The number of pyridine rings is 1. The Morgan fingerprint density at radius 3 is 2.46 bits per heavy atom. The average Bonchev–Trinajstić information content (AvgIpc) is 2.91. The van der Waals surface area contributed by atoms with Crippen molar-refractivity contribution in [2.75, 3.05) is 37.5 Å². The molecule has 1 amide bonds. The maximum absolute atomic E-state index is 13.4. The molecule has 1 aromatic heterocycles. The molecule has 7 heteroatoms. The lowest BCUT2D eigenvalue weighted by Crippen LogP contribution is -2.32. The number of hydrogen-bond acceptors (Lipinski definition) is 6. The molecular weight excluding hydrogens is 464 g/mol. The number of rotatable bonds is 7. The van der Waals surface area contributed by atoms with Gasteiger partial charge in [-0.15, -0.1) is 0 Å². The van der Waals surface area contributed by atoms with E-state index in [0.717, 1.165) is 47.4 Å². The molecule has 0 aliphatic carbocycles. The Balaban J connectivity index is 1.34. The van der Waals surface area contributed by atoms with Gasteiger partial charge >= 0.3 is 5.97 Å². The van der Waals surface area contributed by atoms with Crippen molar-refractivity contribution in [3.8, 4) is 0 Å². The second-order valence-electron chi connectivity index (χ2n) is 9.44. The summed E-state index contributed by atoms with van der Waals surface area (Å²) in [5.41, 5.74) is 5.96. The molecule has 0 radical (unpaired) electrons. The molecule has 5 rings (SSSR count). The fourth-order valence-electron chi connectivity index (χ4n) is 4.70. The average molecular weight is 495 g/mol. The van der Waals surface area contributed by atoms with E-state index in [1.807, 2.05) is 85.7 Å². The van der Waals surface area contributed by atoms with E-state index in [9.17, 15) is 9.59 Å². The van der Waals surface area contributed by atoms with Crippen LogP contribution in [0.5, 0.6) is 0 Å². The SMILES string of the molecule is CN(C)c1ccc(NC(=O)COC(=O)c2c3c(nc4ccccc24)CCN(Cc2ccccc2)C3)cc1. The van der Waals surface area contributed by atoms with Crippen LogP contribution in [0, 0.1) is 0 Å². The van der Waals surface area contributed by atoms with Crippen LogP contribution in [0.4, 0.5) is 11.4 Å². The van der Waals surface area contributed by atoms with Crippen LogP contribution >= 0.6 is 0 Å². The monoisotopic (exact) mass is 494 g/mol. The van der Waals surface area contributed by atoms with Gasteiger partial charge in [-0.3, -0.25) is 14.7 Å². The number of nitrogens with one attached hydrogen (secondary N) is 1. The van der Waals surface area contributed by atoms with Gasteiger partial charge in [0.1, 0.15) is 0 Å². The van der Waals surface area contributed by atoms with Crippen LogP contribution in [-0.4, -0.2) is 49.0 Å². The second-order valence-corrected chi connectivity index (χ2v) is 9.44. The fourth-order valence-corrected chi connectivity index (χ4v) is 4.70. The number of esters is 1. The normalized spacial score (nSPS) is 13.1. The first-order valence-electron chi connectivity index (χ1n) is 12.4. The molecule has 3 aromatic carbocycles. The lowest BCUT2D eigenvalue weighted by Gasteiger charge is -2.30. The number of nitrogens with zero attached hydrogens (tertiary/aromatic N) is 3. The Morgan fingerprint density at radius 1 is 0.973 bits per heavy atom. The van der Waals surface area contributed by atoms with Gasteiger partial charge in [0, 0.05) is 68.2 Å². The number of fused-ring (bicyclic) bond motifs is 2. The molecule has 0 unspecified atom stereocenters. The van der Waals surface area contributed by atoms with Gasteiger partial charge in [-0.05, 0) is 35.9 Å². The summed E-state index contributed by atoms with van der Waals surface area (Å²) in [6.45, 7) is 1.87. The van der Waals surface area contributed by atoms with Gasteiger partial charge in [-0.1, -0.05) is 48.5 Å². The van der Waals surface area contributed by atoms with E-state index < -0.39 is 5.97 Å². The topological polar surface area (TPSA) is 74.8 Å². The summed E-state index contributed by atoms with van der Waals surface area (Å²) in [4.78, 5) is 35.1. The summed E-state index contributed by atoms with van der Waals surface area (Å²) >= 11 is 0. The van der Waals surface area contributed by atoms with Crippen LogP contribution in [0.2, 0.25) is 0 Å². The first-order chi connectivity index (χ1) is 18.0. The molecule has 0 atom stereocenters. The predicted molar refractivity (Wildman–Crippen MR) is 146 cm³/mol. The molecule has 0 fully saturated rings. The molecule has 1 aliphatic heterocycles. The molecular formula is C30H30N4O3. The molecule has 0 spiro atoms. The van der Waals surface area contributed by atoms with Gasteiger partial charge in [0.15, 0.2) is 6.61 Å². The molecule has 1 N–H and O–H groups in total. The zero-order chi connectivity index (χ0) is 25.8. The third-order valence-corrected chi connectivity index (χ3v) is 6.58. The molecule has 1 aliphatic rings. The molecule has 0 saturated heterocycles. The van der Waals surface area contributed by atoms with Gasteiger partial charge in [-0.2, -0.15) is 0 Å². The van der Waals surface area contributed by atoms with Crippen molar-refractivity contribution in [2.24, 2.45) is 0 Å². The largest absolute Gasteiger partial charge is 0.452 e. The maximum Gasteiger partial charge on any atom is 0.339 e. The highest BCUT2D eigenvalue weighted by atomic mass is 16.5. The Kier molecular flexibility index (Phi) is 7.14. The Morgan fingerprint density at radius 2 is 1.70 bits per heavy atom. The zero-order valence-corrected chi connectivity index (χ0v) is 21.1. The lowest BCUT2D eigenvalue weighted by atomic mass is 9.95. The summed E-state index contributed by atoms with van der Waals surface area (Å²) in [5, 5.41) is 3.54. The molecule has 188 valence electrons. The summed E-state index contributed by atoms with van der Waals surface area (Å²) in [6.07, 6.45) is 0.747. The number of carbonyl (C=O) groups is 2. The van der Waals surface area contributed by atoms with Crippen LogP contribution in [0.15, 0.2) is 78.9 Å². The van der Waals surface area contributed by atoms with Crippen molar-refractivity contribution >= 4 is 34.2 Å². The number of para-hydroxylation sites is 1. The van der Waals surface area contributed by atoms with Crippen molar-refractivity contribution in [2.45, 2.75) is 19.5 Å². The van der Waals surface area contributed by atoms with Gasteiger partial charge < -0.3 is 15.0 Å². The first-order valence-corrected chi connectivity index (χ1v) is 12.4. The van der Waals surface area contributed by atoms with E-state index in [-0.39, 0.29) is 12.5 Å². The molecule has 2 heterocycles. The van der Waals surface area contributed by atoms with E-state index >= 15 is 0 Å². The minimum absolute atomic E-state index is 0.368. The Bertz CT molecular complexity index is 1420. The first kappa shape index (κ1) is 24.5. The highest BCUT2D eigenvalue weighted by Gasteiger charge is 2.27. The minimum atomic E-state index is -0.505. The number of anilines is 2. The van der Waals surface area contributed by atoms with Gasteiger partial charge in [0.2, 0.25) is 0 Å². The minimum Gasteiger partial charge on any atom is -0.452 e. The quantitative estimate of drug-likeness (QED) is 0.377. The molecule has 4 aromatic rings. The van der Waals surface area contributed by atoms with Gasteiger partial charge in [0.25, 0.3) is 5.91 Å². The third kappa shape index (κ3) is 5.62. The fraction of sp³-hybridized carbons (Fsp3) is 0.233. The highest BCUT2D eigenvalue weighted by Crippen LogP contribution is 2.29. The summed E-state index contributed by atoms with van der Waals surface area (Å²) in [5.74, 6) is -0.890. The second kappa shape index (κ2) is 10.8. The Labute approximate surface area is 216 Å². The summed E-state index contributed by atoms with van der Waals surface area (Å²) in [7, 11) is 3.91. The molecule has 0 bridgehead atoms. The number of amides is 1. The zero-order valence-electron chi connectivity index (χ0n) is 21.1. The number of aromatic nitrogens is 1. The van der Waals surface area contributed by atoms with Crippen LogP contribution in [-0.2, 0) is 29.0 Å². The van der Waals surface area contributed by atoms with Crippen molar-refractivity contribution in [1.29, 1.82) is 0 Å². The standard InChI is InChI=1S/C30H30N4O3/c1-33(2)23-14-12-22(13-15-23)31-28(35)20-37-30(36)29-24-10-6-7-11-26(24)32-27-16-17-34(19-25(27)29)18-21-8-4-3-5-9-21/h3-15H,16-20H2,1-2H3,(H,31,35). The van der Waals surface area contributed by atoms with E-state index in [1.165, 1.54) is 5.56 Å². The maximum atomic E-state index is 13.4. The number of ether oxygens (including phenoxy) is 1. The molecule has 0 saturated carbocycles. The van der Waals surface area contributed by atoms with Gasteiger partial charge in [-0.25, -0.2) is 4.79 Å². The Hall–Kier alpha value is -4.23. The van der Waals surface area contributed by atoms with Crippen molar-refractivity contribution in [3.05, 3.63) is 101 Å². The number of hydrogen-bond donors (Lipinski definition) is 1. The molecule has 7 nitrogen and oxygen atoms in total. The van der Waals surface area contributed by atoms with Crippen molar-refractivity contribution < 1.29 is 14.3 Å². The van der Waals surface area contributed by atoms with Gasteiger partial charge in [0.05, 0.1) is 11.1 Å². The molecule has 37 heavy (non-hydrogen) atoms. The number of benzene rings is 3. The predicted octanol–water partition coefficient (Wildman–Crippen LogP) is 4.65. The number of carbonyl (C=O) groups excluding carboxylic acids is 2. The van der Waals surface area contributed by atoms with Crippen LogP contribution < -0.4 is 10.2 Å². The highest BCUT2D eigenvalue weighted by molar-refractivity contribution is 6.06. The van der Waals surface area contributed by atoms with Crippen molar-refractivity contribution in [1.82, 2.24) is 9.88 Å². The van der Waals surface area contributed by atoms with Crippen LogP contribution in [0.3, 0.4) is 0 Å².